The number of nitrogens with zero attached hydrogens (tertiary/aromatic N) is 3. The number of nitrogens with one attached hydrogen (secondary N) is 2. The largest absolute Gasteiger partial charge is 0.416 e. The molecule has 1 aliphatic rings. The lowest BCUT2D eigenvalue weighted by atomic mass is 9.92. The summed E-state index contributed by atoms with van der Waals surface area (Å²) in [6.45, 7) is 0. The number of aromatic nitrogens is 3. The first-order chi connectivity index (χ1) is 13.4. The van der Waals surface area contributed by atoms with Crippen LogP contribution in [0.5, 0.6) is 0 Å². The number of halogens is 3. The number of rotatable bonds is 4. The third-order valence-corrected chi connectivity index (χ3v) is 4.89. The second kappa shape index (κ2) is 7.31. The van der Waals surface area contributed by atoms with Gasteiger partial charge in [-0.25, -0.2) is 0 Å². The average Bonchev–Trinajstić information content (AvgIpc) is 3.07. The molecule has 9 heteroatoms. The van der Waals surface area contributed by atoms with Gasteiger partial charge in [-0.05, 0) is 49.2 Å². The van der Waals surface area contributed by atoms with Crippen molar-refractivity contribution in [1.29, 1.82) is 0 Å². The molecule has 1 aliphatic carbocycles. The highest BCUT2D eigenvalue weighted by Crippen LogP contribution is 2.30. The molecule has 2 heterocycles. The Labute approximate surface area is 160 Å². The monoisotopic (exact) mass is 393 g/mol. The smallest absolute Gasteiger partial charge is 0.391 e. The van der Waals surface area contributed by atoms with Crippen LogP contribution in [-0.2, 0) is 6.18 Å². The first-order valence-corrected chi connectivity index (χ1v) is 9.15. The van der Waals surface area contributed by atoms with Gasteiger partial charge in [0.05, 0.1) is 17.7 Å². The minimum absolute atomic E-state index is 0. The molecule has 3 N–H and O–H groups in total. The highest BCUT2D eigenvalue weighted by atomic mass is 19.4. The lowest BCUT2D eigenvalue weighted by Gasteiger charge is -2.29. The van der Waals surface area contributed by atoms with Crippen molar-refractivity contribution in [2.45, 2.75) is 44.0 Å². The number of alkyl halides is 3. The molecule has 4 rings (SSSR count). The Morgan fingerprint density at radius 2 is 1.82 bits per heavy atom. The Balaban J connectivity index is 0.00000240. The number of fused-ring (bicyclic) bond motifs is 1. The molecule has 1 fully saturated rings. The van der Waals surface area contributed by atoms with Crippen LogP contribution in [0.25, 0.3) is 5.65 Å². The summed E-state index contributed by atoms with van der Waals surface area (Å²) >= 11 is 0. The molecule has 0 amide bonds. The summed E-state index contributed by atoms with van der Waals surface area (Å²) in [5, 5.41) is 20.8. The van der Waals surface area contributed by atoms with Crippen LogP contribution in [0.1, 0.15) is 32.7 Å². The number of anilines is 3. The number of aliphatic hydroxyl groups is 1. The molecule has 3 aromatic rings. The summed E-state index contributed by atoms with van der Waals surface area (Å²) in [5.74, 6) is 0.981. The van der Waals surface area contributed by atoms with E-state index in [0.29, 0.717) is 17.2 Å². The summed E-state index contributed by atoms with van der Waals surface area (Å²) < 4.78 is 39.7. The van der Waals surface area contributed by atoms with Crippen LogP contribution in [0.4, 0.5) is 30.6 Å². The van der Waals surface area contributed by atoms with Gasteiger partial charge in [0.25, 0.3) is 0 Å². The van der Waals surface area contributed by atoms with Gasteiger partial charge < -0.3 is 15.7 Å². The molecule has 0 unspecified atom stereocenters. The van der Waals surface area contributed by atoms with E-state index in [-0.39, 0.29) is 13.4 Å². The van der Waals surface area contributed by atoms with Crippen LogP contribution >= 0.6 is 0 Å². The summed E-state index contributed by atoms with van der Waals surface area (Å²) in [5.41, 5.74) is 0.337. The Hall–Kier alpha value is -2.81. The second-order valence-electron chi connectivity index (χ2n) is 6.92. The van der Waals surface area contributed by atoms with Crippen LogP contribution in [0.2, 0.25) is 0 Å². The van der Waals surface area contributed by atoms with Crippen LogP contribution in [0.15, 0.2) is 42.5 Å². The maximum atomic E-state index is 12.7. The molecule has 150 valence electrons. The maximum absolute atomic E-state index is 12.7. The SMILES string of the molecule is O[C@@H]1CCCC[C@H]1Nc1cccc2nc(Nc3ccc(C(F)(F)F)cc3)nn12.[HH]. The first-order valence-electron chi connectivity index (χ1n) is 9.15. The second-order valence-corrected chi connectivity index (χ2v) is 6.92. The lowest BCUT2D eigenvalue weighted by Crippen LogP contribution is -2.36. The molecular weight excluding hydrogens is 371 g/mol. The molecule has 0 radical (unpaired) electrons. The summed E-state index contributed by atoms with van der Waals surface area (Å²) in [7, 11) is 0. The van der Waals surface area contributed by atoms with Crippen LogP contribution in [0.3, 0.4) is 0 Å². The van der Waals surface area contributed by atoms with Crippen LogP contribution < -0.4 is 10.6 Å². The van der Waals surface area contributed by atoms with E-state index in [0.717, 1.165) is 37.8 Å². The molecule has 0 spiro atoms. The highest BCUT2D eigenvalue weighted by Gasteiger charge is 2.30. The zero-order valence-corrected chi connectivity index (χ0v) is 14.9. The predicted octanol–water partition coefficient (Wildman–Crippen LogP) is 4.45. The number of aliphatic hydroxyl groups excluding tert-OH is 1. The highest BCUT2D eigenvalue weighted by molar-refractivity contribution is 5.58. The van der Waals surface area contributed by atoms with E-state index in [1.807, 2.05) is 12.1 Å². The molecule has 1 saturated carbocycles. The van der Waals surface area contributed by atoms with Crippen molar-refractivity contribution in [2.75, 3.05) is 10.6 Å². The van der Waals surface area contributed by atoms with Gasteiger partial charge in [-0.3, -0.25) is 0 Å². The molecule has 2 aromatic heterocycles. The fourth-order valence-corrected chi connectivity index (χ4v) is 3.41. The van der Waals surface area contributed by atoms with Gasteiger partial charge in [-0.2, -0.15) is 22.7 Å². The van der Waals surface area contributed by atoms with Gasteiger partial charge >= 0.3 is 6.18 Å². The molecule has 2 atom stereocenters. The van der Waals surface area contributed by atoms with Crippen molar-refractivity contribution in [3.05, 3.63) is 48.0 Å². The Morgan fingerprint density at radius 3 is 2.54 bits per heavy atom. The summed E-state index contributed by atoms with van der Waals surface area (Å²) in [6.07, 6.45) is -1.05. The molecule has 0 saturated heterocycles. The van der Waals surface area contributed by atoms with Crippen molar-refractivity contribution in [3.8, 4) is 0 Å². The molecule has 28 heavy (non-hydrogen) atoms. The molecule has 6 nitrogen and oxygen atoms in total. The van der Waals surface area contributed by atoms with E-state index >= 15 is 0 Å². The molecule has 0 aliphatic heterocycles. The van der Waals surface area contributed by atoms with Gasteiger partial charge in [0.15, 0.2) is 5.65 Å². The topological polar surface area (TPSA) is 74.5 Å². The lowest BCUT2D eigenvalue weighted by molar-refractivity contribution is -0.137. The molecule has 0 bridgehead atoms. The third kappa shape index (κ3) is 3.89. The zero-order chi connectivity index (χ0) is 19.7. The van der Waals surface area contributed by atoms with Crippen LogP contribution in [-0.4, -0.2) is 31.9 Å². The Morgan fingerprint density at radius 1 is 1.07 bits per heavy atom. The predicted molar refractivity (Wildman–Crippen MR) is 102 cm³/mol. The van der Waals surface area contributed by atoms with Crippen molar-refractivity contribution in [2.24, 2.45) is 0 Å². The van der Waals surface area contributed by atoms with Gasteiger partial charge in [0.1, 0.15) is 5.82 Å². The van der Waals surface area contributed by atoms with E-state index < -0.39 is 17.8 Å². The quantitative estimate of drug-likeness (QED) is 0.611. The van der Waals surface area contributed by atoms with Gasteiger partial charge in [0.2, 0.25) is 5.95 Å². The Bertz CT molecular complexity index is 961. The van der Waals surface area contributed by atoms with Crippen molar-refractivity contribution in [3.63, 3.8) is 0 Å². The van der Waals surface area contributed by atoms with E-state index in [9.17, 15) is 18.3 Å². The van der Waals surface area contributed by atoms with E-state index in [1.165, 1.54) is 12.1 Å². The van der Waals surface area contributed by atoms with Gasteiger partial charge in [0, 0.05) is 7.11 Å². The normalized spacial score (nSPS) is 20.3. The number of hydrogen-bond donors (Lipinski definition) is 3. The van der Waals surface area contributed by atoms with Crippen molar-refractivity contribution in [1.82, 2.24) is 14.6 Å². The fourth-order valence-electron chi connectivity index (χ4n) is 3.41. The third-order valence-electron chi connectivity index (χ3n) is 4.89. The maximum Gasteiger partial charge on any atom is 0.416 e. The van der Waals surface area contributed by atoms with Crippen LogP contribution in [0, 0.1) is 0 Å². The summed E-state index contributed by atoms with van der Waals surface area (Å²) in [6, 6.07) is 10.1. The molecular formula is C19H22F3N5O. The first kappa shape index (κ1) is 18.5. The van der Waals surface area contributed by atoms with Crippen molar-refractivity contribution >= 4 is 23.1 Å². The Kier molecular flexibility index (Phi) is 4.84. The van der Waals surface area contributed by atoms with E-state index in [1.54, 1.807) is 10.6 Å². The summed E-state index contributed by atoms with van der Waals surface area (Å²) in [4.78, 5) is 4.37. The fraction of sp³-hybridized carbons (Fsp3) is 0.368. The number of benzene rings is 1. The minimum atomic E-state index is -4.37. The van der Waals surface area contributed by atoms with Gasteiger partial charge in [-0.15, -0.1) is 5.10 Å². The minimum Gasteiger partial charge on any atom is -0.391 e. The van der Waals surface area contributed by atoms with E-state index in [2.05, 4.69) is 20.7 Å². The van der Waals surface area contributed by atoms with Crippen molar-refractivity contribution < 1.29 is 19.7 Å². The zero-order valence-electron chi connectivity index (χ0n) is 14.9. The number of pyridine rings is 1. The average molecular weight is 393 g/mol. The number of hydrogen-bond acceptors (Lipinski definition) is 5. The molecule has 1 aromatic carbocycles. The van der Waals surface area contributed by atoms with E-state index in [4.69, 9.17) is 0 Å². The standard InChI is InChI=1S/C19H20F3N5O.H2/c20-19(21,22)12-8-10-13(11-9-12)23-18-25-17-7-3-6-16(27(17)26-18)24-14-4-1-2-5-15(14)28;/h3,6-11,14-15,24,28H,1-2,4-5H2,(H,23,26);1H/t14-,15-;/m1./s1. The van der Waals surface area contributed by atoms with Gasteiger partial charge in [-0.1, -0.05) is 18.9 Å².